The number of benzene rings is 1. The zero-order valence-electron chi connectivity index (χ0n) is 19.3. The first kappa shape index (κ1) is 22.8. The number of rotatable bonds is 8. The van der Waals surface area contributed by atoms with E-state index in [4.69, 9.17) is 21.3 Å². The number of ether oxygens (including phenoxy) is 1. The number of carbonyl (C=O) groups excluding carboxylic acids is 1. The molecule has 1 saturated carbocycles. The summed E-state index contributed by atoms with van der Waals surface area (Å²) in [5.41, 5.74) is 1.16. The van der Waals surface area contributed by atoms with E-state index in [1.165, 1.54) is 25.7 Å². The molecule has 0 spiro atoms. The third-order valence-corrected chi connectivity index (χ3v) is 6.96. The zero-order valence-corrected chi connectivity index (χ0v) is 20.0. The van der Waals surface area contributed by atoms with Crippen molar-refractivity contribution < 1.29 is 9.53 Å². The van der Waals surface area contributed by atoms with Crippen molar-refractivity contribution in [2.45, 2.75) is 70.4 Å². The summed E-state index contributed by atoms with van der Waals surface area (Å²) in [6.07, 6.45) is 8.23. The van der Waals surface area contributed by atoms with E-state index in [-0.39, 0.29) is 17.8 Å². The Morgan fingerprint density at radius 2 is 1.97 bits per heavy atom. The van der Waals surface area contributed by atoms with Crippen LogP contribution < -0.4 is 14.5 Å². The molecule has 0 unspecified atom stereocenters. The van der Waals surface area contributed by atoms with Crippen LogP contribution in [0.3, 0.4) is 0 Å². The van der Waals surface area contributed by atoms with Crippen LogP contribution in [0.4, 0.5) is 11.8 Å². The standard InChI is InChI=1S/C25H33ClN4O2/c1-17(14-18(2)31)19-8-10-21(11-9-19)32-22-12-13-30(16-22)24-23(26)15-27-25(28-24)29(3)20-6-4-5-7-20/h8-11,15,17,20,22H,4-7,12-14,16H2,1-3H3/t17-,22-/m1/s1. The van der Waals surface area contributed by atoms with Crippen molar-refractivity contribution in [3.8, 4) is 5.75 Å². The molecule has 7 heteroatoms. The van der Waals surface area contributed by atoms with Crippen molar-refractivity contribution in [2.24, 2.45) is 0 Å². The van der Waals surface area contributed by atoms with E-state index in [9.17, 15) is 4.79 Å². The maximum absolute atomic E-state index is 11.4. The van der Waals surface area contributed by atoms with Gasteiger partial charge in [0.05, 0.1) is 12.7 Å². The van der Waals surface area contributed by atoms with Gasteiger partial charge in [0.1, 0.15) is 22.7 Å². The summed E-state index contributed by atoms with van der Waals surface area (Å²) in [6.45, 7) is 5.31. The molecule has 2 atom stereocenters. The molecule has 1 aromatic heterocycles. The molecule has 2 fully saturated rings. The Morgan fingerprint density at radius 3 is 2.66 bits per heavy atom. The van der Waals surface area contributed by atoms with Crippen LogP contribution in [-0.4, -0.2) is 48.0 Å². The Bertz CT molecular complexity index is 930. The second-order valence-electron chi connectivity index (χ2n) is 9.24. The van der Waals surface area contributed by atoms with Gasteiger partial charge in [0, 0.05) is 32.5 Å². The lowest BCUT2D eigenvalue weighted by molar-refractivity contribution is -0.117. The molecule has 172 valence electrons. The van der Waals surface area contributed by atoms with Crippen molar-refractivity contribution in [1.29, 1.82) is 0 Å². The summed E-state index contributed by atoms with van der Waals surface area (Å²) in [6, 6.07) is 8.63. The van der Waals surface area contributed by atoms with Crippen LogP contribution in [0, 0.1) is 0 Å². The van der Waals surface area contributed by atoms with Crippen LogP contribution in [0.2, 0.25) is 5.02 Å². The third kappa shape index (κ3) is 5.34. The Hall–Kier alpha value is -2.34. The van der Waals surface area contributed by atoms with Crippen molar-refractivity contribution in [3.63, 3.8) is 0 Å². The van der Waals surface area contributed by atoms with Crippen LogP contribution in [0.25, 0.3) is 0 Å². The first-order valence-corrected chi connectivity index (χ1v) is 12.0. The summed E-state index contributed by atoms with van der Waals surface area (Å²) >= 11 is 6.48. The molecule has 0 radical (unpaired) electrons. The Balaban J connectivity index is 1.38. The summed E-state index contributed by atoms with van der Waals surface area (Å²) < 4.78 is 6.24. The molecule has 2 aromatic rings. The number of ketones is 1. The predicted molar refractivity (Wildman–Crippen MR) is 129 cm³/mol. The fourth-order valence-electron chi connectivity index (χ4n) is 4.83. The van der Waals surface area contributed by atoms with Gasteiger partial charge in [-0.05, 0) is 43.4 Å². The average molecular weight is 457 g/mol. The normalized spacial score (nSPS) is 19.9. The lowest BCUT2D eigenvalue weighted by Gasteiger charge is -2.26. The molecule has 1 saturated heterocycles. The number of hydrogen-bond acceptors (Lipinski definition) is 6. The summed E-state index contributed by atoms with van der Waals surface area (Å²) in [5, 5.41) is 0.582. The molecule has 32 heavy (non-hydrogen) atoms. The van der Waals surface area contributed by atoms with Gasteiger partial charge in [0.25, 0.3) is 0 Å². The van der Waals surface area contributed by atoms with Crippen LogP contribution >= 0.6 is 11.6 Å². The molecule has 0 bridgehead atoms. The maximum atomic E-state index is 11.4. The van der Waals surface area contributed by atoms with Crippen molar-refractivity contribution >= 4 is 29.2 Å². The van der Waals surface area contributed by atoms with Gasteiger partial charge < -0.3 is 19.3 Å². The Morgan fingerprint density at radius 1 is 1.25 bits per heavy atom. The molecule has 4 rings (SSSR count). The SMILES string of the molecule is CC(=O)C[C@@H](C)c1ccc(O[C@@H]2CCN(c3nc(N(C)C4CCCC4)ncc3Cl)C2)cc1. The lowest BCUT2D eigenvalue weighted by atomic mass is 9.96. The second-order valence-corrected chi connectivity index (χ2v) is 9.65. The van der Waals surface area contributed by atoms with Crippen molar-refractivity contribution in [2.75, 3.05) is 29.9 Å². The highest BCUT2D eigenvalue weighted by Crippen LogP contribution is 2.31. The molecule has 0 amide bonds. The van der Waals surface area contributed by atoms with Crippen LogP contribution in [-0.2, 0) is 4.79 Å². The largest absolute Gasteiger partial charge is 0.489 e. The molecule has 2 heterocycles. The zero-order chi connectivity index (χ0) is 22.7. The summed E-state index contributed by atoms with van der Waals surface area (Å²) in [4.78, 5) is 25.1. The second kappa shape index (κ2) is 10.1. The van der Waals surface area contributed by atoms with Gasteiger partial charge >= 0.3 is 0 Å². The minimum Gasteiger partial charge on any atom is -0.489 e. The number of Topliss-reactive ketones (excluding diaryl/α,β-unsaturated/α-hetero) is 1. The first-order valence-electron chi connectivity index (χ1n) is 11.7. The fraction of sp³-hybridized carbons (Fsp3) is 0.560. The predicted octanol–water partition coefficient (Wildman–Crippen LogP) is 5.25. The summed E-state index contributed by atoms with van der Waals surface area (Å²) in [5.74, 6) is 2.83. The quantitative estimate of drug-likeness (QED) is 0.540. The highest BCUT2D eigenvalue weighted by atomic mass is 35.5. The van der Waals surface area contributed by atoms with E-state index in [0.29, 0.717) is 17.5 Å². The Labute approximate surface area is 195 Å². The van der Waals surface area contributed by atoms with Crippen LogP contribution in [0.15, 0.2) is 30.5 Å². The monoisotopic (exact) mass is 456 g/mol. The maximum Gasteiger partial charge on any atom is 0.227 e. The number of carbonyl (C=O) groups is 1. The fourth-order valence-corrected chi connectivity index (χ4v) is 5.04. The van der Waals surface area contributed by atoms with Gasteiger partial charge in [0.2, 0.25) is 5.95 Å². The topological polar surface area (TPSA) is 58.6 Å². The molecule has 1 aliphatic heterocycles. The van der Waals surface area contributed by atoms with Gasteiger partial charge in [-0.15, -0.1) is 0 Å². The average Bonchev–Trinajstić information content (AvgIpc) is 3.46. The van der Waals surface area contributed by atoms with Gasteiger partial charge in [-0.1, -0.05) is 43.5 Å². The highest BCUT2D eigenvalue weighted by Gasteiger charge is 2.28. The van der Waals surface area contributed by atoms with Crippen LogP contribution in [0.1, 0.15) is 63.9 Å². The summed E-state index contributed by atoms with van der Waals surface area (Å²) in [7, 11) is 2.08. The van der Waals surface area contributed by atoms with Crippen molar-refractivity contribution in [1.82, 2.24) is 9.97 Å². The highest BCUT2D eigenvalue weighted by molar-refractivity contribution is 6.32. The van der Waals surface area contributed by atoms with Crippen molar-refractivity contribution in [3.05, 3.63) is 41.0 Å². The molecule has 0 N–H and O–H groups in total. The van der Waals surface area contributed by atoms with Crippen LogP contribution in [0.5, 0.6) is 5.75 Å². The number of hydrogen-bond donors (Lipinski definition) is 0. The van der Waals surface area contributed by atoms with E-state index in [1.54, 1.807) is 13.1 Å². The van der Waals surface area contributed by atoms with Gasteiger partial charge in [-0.3, -0.25) is 0 Å². The van der Waals surface area contributed by atoms with Gasteiger partial charge in [-0.2, -0.15) is 4.98 Å². The Kier molecular flexibility index (Phi) is 7.19. The molecular weight excluding hydrogens is 424 g/mol. The molecular formula is C25H33ClN4O2. The molecule has 2 aliphatic rings. The number of anilines is 2. The minimum absolute atomic E-state index is 0.0811. The number of aromatic nitrogens is 2. The number of nitrogens with zero attached hydrogens (tertiary/aromatic N) is 4. The van der Waals surface area contributed by atoms with E-state index >= 15 is 0 Å². The van der Waals surface area contributed by atoms with E-state index in [1.807, 2.05) is 12.1 Å². The smallest absolute Gasteiger partial charge is 0.227 e. The molecule has 1 aromatic carbocycles. The van der Waals surface area contributed by atoms with E-state index in [2.05, 4.69) is 40.9 Å². The molecule has 6 nitrogen and oxygen atoms in total. The third-order valence-electron chi connectivity index (χ3n) is 6.69. The van der Waals surface area contributed by atoms with Gasteiger partial charge in [-0.25, -0.2) is 4.98 Å². The van der Waals surface area contributed by atoms with E-state index < -0.39 is 0 Å². The lowest BCUT2D eigenvalue weighted by Crippen LogP contribution is -2.31. The van der Waals surface area contributed by atoms with E-state index in [0.717, 1.165) is 42.6 Å². The molecule has 1 aliphatic carbocycles. The first-order chi connectivity index (χ1) is 15.4. The minimum atomic E-state index is 0.0811. The number of halogens is 1. The van der Waals surface area contributed by atoms with Gasteiger partial charge in [0.15, 0.2) is 5.82 Å².